The predicted octanol–water partition coefficient (Wildman–Crippen LogP) is 2.37. The summed E-state index contributed by atoms with van der Waals surface area (Å²) in [6.45, 7) is 9.78. The van der Waals surface area contributed by atoms with E-state index in [9.17, 15) is 14.7 Å². The van der Waals surface area contributed by atoms with Crippen LogP contribution in [-0.2, 0) is 14.3 Å². The van der Waals surface area contributed by atoms with Gasteiger partial charge >= 0.3 is 0 Å². The number of carbonyl (C=O) groups is 2. The van der Waals surface area contributed by atoms with E-state index < -0.39 is 12.2 Å². The van der Waals surface area contributed by atoms with Gasteiger partial charge in [0.15, 0.2) is 5.78 Å². The number of ketones is 1. The van der Waals surface area contributed by atoms with Crippen LogP contribution in [0, 0.1) is 10.8 Å². The van der Waals surface area contributed by atoms with Gasteiger partial charge in [-0.2, -0.15) is 0 Å². The second-order valence-electron chi connectivity index (χ2n) is 7.20. The van der Waals surface area contributed by atoms with Gasteiger partial charge in [0, 0.05) is 13.5 Å². The van der Waals surface area contributed by atoms with E-state index in [0.29, 0.717) is 12.8 Å². The second kappa shape index (κ2) is 7.15. The normalized spacial score (nSPS) is 15.9. The third kappa shape index (κ3) is 8.11. The molecule has 2 atom stereocenters. The molecule has 0 spiro atoms. The van der Waals surface area contributed by atoms with Crippen LogP contribution in [-0.4, -0.2) is 36.5 Å². The minimum atomic E-state index is -0.934. The Bertz CT molecular complexity index is 302. The van der Waals surface area contributed by atoms with Gasteiger partial charge in [-0.05, 0) is 23.7 Å². The van der Waals surface area contributed by atoms with Crippen LogP contribution in [0.25, 0.3) is 0 Å². The lowest BCUT2D eigenvalue weighted by Crippen LogP contribution is -2.32. The molecule has 112 valence electrons. The Kier molecular flexibility index (Phi) is 6.87. The zero-order valence-corrected chi connectivity index (χ0v) is 13.0. The van der Waals surface area contributed by atoms with E-state index in [4.69, 9.17) is 4.74 Å². The van der Waals surface area contributed by atoms with Crippen LogP contribution in [0.2, 0.25) is 0 Å². The van der Waals surface area contributed by atoms with Crippen LogP contribution >= 0.6 is 0 Å². The molecule has 0 aromatic carbocycles. The van der Waals surface area contributed by atoms with Crippen molar-refractivity contribution < 1.29 is 19.4 Å². The number of aliphatic hydroxyl groups excluding tert-OH is 1. The fourth-order valence-corrected chi connectivity index (χ4v) is 2.09. The van der Waals surface area contributed by atoms with Gasteiger partial charge in [-0.15, -0.1) is 0 Å². The van der Waals surface area contributed by atoms with Crippen LogP contribution in [0.15, 0.2) is 0 Å². The van der Waals surface area contributed by atoms with Gasteiger partial charge < -0.3 is 14.6 Å². The zero-order valence-electron chi connectivity index (χ0n) is 13.0. The van der Waals surface area contributed by atoms with Crippen molar-refractivity contribution in [2.24, 2.45) is 10.8 Å². The Morgan fingerprint density at radius 2 is 1.74 bits per heavy atom. The van der Waals surface area contributed by atoms with Gasteiger partial charge in [0.05, 0.1) is 0 Å². The zero-order chi connectivity index (χ0) is 15.3. The molecule has 19 heavy (non-hydrogen) atoms. The van der Waals surface area contributed by atoms with E-state index in [0.717, 1.165) is 6.29 Å². The molecule has 0 bridgehead atoms. The first-order valence-electron chi connectivity index (χ1n) is 6.69. The van der Waals surface area contributed by atoms with Gasteiger partial charge in [-0.1, -0.05) is 34.6 Å². The van der Waals surface area contributed by atoms with Crippen molar-refractivity contribution in [1.29, 1.82) is 0 Å². The highest BCUT2D eigenvalue weighted by atomic mass is 16.5. The largest absolute Gasteiger partial charge is 0.385 e. The van der Waals surface area contributed by atoms with Gasteiger partial charge in [-0.25, -0.2) is 0 Å². The van der Waals surface area contributed by atoms with Gasteiger partial charge in [-0.3, -0.25) is 4.79 Å². The van der Waals surface area contributed by atoms with Crippen molar-refractivity contribution in [3.63, 3.8) is 0 Å². The summed E-state index contributed by atoms with van der Waals surface area (Å²) in [6.07, 6.45) is 0.485. The van der Waals surface area contributed by atoms with Gasteiger partial charge in [0.2, 0.25) is 0 Å². The molecule has 0 saturated heterocycles. The highest BCUT2D eigenvalue weighted by Crippen LogP contribution is 2.30. The molecule has 4 nitrogen and oxygen atoms in total. The van der Waals surface area contributed by atoms with Crippen LogP contribution < -0.4 is 0 Å². The Morgan fingerprint density at radius 3 is 2.11 bits per heavy atom. The van der Waals surface area contributed by atoms with Crippen LogP contribution in [0.4, 0.5) is 0 Å². The van der Waals surface area contributed by atoms with E-state index >= 15 is 0 Å². The Morgan fingerprint density at radius 1 is 1.21 bits per heavy atom. The lowest BCUT2D eigenvalue weighted by atomic mass is 9.79. The summed E-state index contributed by atoms with van der Waals surface area (Å²) in [6, 6.07) is 0. The summed E-state index contributed by atoms with van der Waals surface area (Å²) in [5, 5.41) is 9.91. The fraction of sp³-hybridized carbons (Fsp3) is 0.867. The number of Topliss-reactive ketones (excluding diaryl/α,β-unsaturated/α-hetero) is 1. The highest BCUT2D eigenvalue weighted by Gasteiger charge is 2.30. The van der Waals surface area contributed by atoms with Crippen molar-refractivity contribution in [3.05, 3.63) is 0 Å². The van der Waals surface area contributed by atoms with Crippen molar-refractivity contribution in [3.8, 4) is 0 Å². The minimum Gasteiger partial charge on any atom is -0.385 e. The first-order valence-corrected chi connectivity index (χ1v) is 6.69. The van der Waals surface area contributed by atoms with Crippen LogP contribution in [0.1, 0.15) is 53.9 Å². The Labute approximate surface area is 116 Å². The number of aliphatic hydroxyl groups is 1. The van der Waals surface area contributed by atoms with Crippen molar-refractivity contribution >= 4 is 12.1 Å². The first kappa shape index (κ1) is 18.3. The summed E-state index contributed by atoms with van der Waals surface area (Å²) < 4.78 is 5.02. The molecular formula is C15H28O4. The summed E-state index contributed by atoms with van der Waals surface area (Å²) in [4.78, 5) is 22.8. The Balaban J connectivity index is 4.48. The standard InChI is InChI=1S/C15H28O4/c1-14(2,3)8-12(17)13(18)9-15(4,5)7-11(10-16)19-6/h10-12,17H,7-9H2,1-6H3. The molecule has 0 aliphatic heterocycles. The number of ether oxygens (including phenoxy) is 1. The maximum Gasteiger partial charge on any atom is 0.161 e. The lowest BCUT2D eigenvalue weighted by molar-refractivity contribution is -0.131. The van der Waals surface area contributed by atoms with E-state index in [-0.39, 0.29) is 23.0 Å². The molecule has 0 amide bonds. The number of hydrogen-bond acceptors (Lipinski definition) is 4. The molecule has 0 aliphatic rings. The van der Waals surface area contributed by atoms with Crippen molar-refractivity contribution in [1.82, 2.24) is 0 Å². The highest BCUT2D eigenvalue weighted by molar-refractivity contribution is 5.83. The molecule has 4 heteroatoms. The van der Waals surface area contributed by atoms with Crippen LogP contribution in [0.3, 0.4) is 0 Å². The molecule has 1 N–H and O–H groups in total. The number of rotatable bonds is 8. The SMILES string of the molecule is COC(C=O)CC(C)(C)CC(=O)C(O)CC(C)(C)C. The smallest absolute Gasteiger partial charge is 0.161 e. The molecule has 0 heterocycles. The molecule has 0 aromatic rings. The van der Waals surface area contributed by atoms with E-state index in [1.165, 1.54) is 7.11 Å². The molecule has 0 fully saturated rings. The molecule has 0 radical (unpaired) electrons. The monoisotopic (exact) mass is 272 g/mol. The number of methoxy groups -OCH3 is 1. The van der Waals surface area contributed by atoms with Crippen molar-refractivity contribution in [2.75, 3.05) is 7.11 Å². The topological polar surface area (TPSA) is 63.6 Å². The van der Waals surface area contributed by atoms with Gasteiger partial charge in [0.25, 0.3) is 0 Å². The van der Waals surface area contributed by atoms with Crippen molar-refractivity contribution in [2.45, 2.75) is 66.1 Å². The Hall–Kier alpha value is -0.740. The summed E-state index contributed by atoms with van der Waals surface area (Å²) in [5.74, 6) is -0.166. The summed E-state index contributed by atoms with van der Waals surface area (Å²) in [7, 11) is 1.48. The lowest BCUT2D eigenvalue weighted by Gasteiger charge is -2.28. The second-order valence-corrected chi connectivity index (χ2v) is 7.20. The summed E-state index contributed by atoms with van der Waals surface area (Å²) in [5.41, 5.74) is -0.450. The average Bonchev–Trinajstić information content (AvgIpc) is 2.22. The van der Waals surface area contributed by atoms with Gasteiger partial charge in [0.1, 0.15) is 18.5 Å². The third-order valence-corrected chi connectivity index (χ3v) is 3.04. The molecule has 0 aromatic heterocycles. The van der Waals surface area contributed by atoms with E-state index in [2.05, 4.69) is 0 Å². The fourth-order valence-electron chi connectivity index (χ4n) is 2.09. The molecular weight excluding hydrogens is 244 g/mol. The first-order chi connectivity index (χ1) is 8.50. The van der Waals surface area contributed by atoms with E-state index in [1.807, 2.05) is 34.6 Å². The third-order valence-electron chi connectivity index (χ3n) is 3.04. The quantitative estimate of drug-likeness (QED) is 0.689. The molecule has 0 saturated carbocycles. The maximum atomic E-state index is 12.0. The number of carbonyl (C=O) groups excluding carboxylic acids is 2. The predicted molar refractivity (Wildman–Crippen MR) is 75.0 cm³/mol. The minimum absolute atomic E-state index is 0.0862. The number of hydrogen-bond donors (Lipinski definition) is 1. The average molecular weight is 272 g/mol. The van der Waals surface area contributed by atoms with E-state index in [1.54, 1.807) is 0 Å². The number of aldehydes is 1. The maximum absolute atomic E-state index is 12.0. The molecule has 0 rings (SSSR count). The molecule has 0 aliphatic carbocycles. The summed E-state index contributed by atoms with van der Waals surface area (Å²) >= 11 is 0. The molecule has 2 unspecified atom stereocenters. The van der Waals surface area contributed by atoms with Crippen LogP contribution in [0.5, 0.6) is 0 Å².